The minimum atomic E-state index is -0.234. The number of amides is 2. The fourth-order valence-electron chi connectivity index (χ4n) is 2.21. The van der Waals surface area contributed by atoms with Crippen molar-refractivity contribution in [1.29, 1.82) is 0 Å². The van der Waals surface area contributed by atoms with Crippen LogP contribution in [0.15, 0.2) is 35.8 Å². The van der Waals surface area contributed by atoms with Crippen molar-refractivity contribution in [2.24, 2.45) is 0 Å². The molecule has 1 aromatic heterocycles. The molecule has 0 saturated heterocycles. The number of hydrogen-bond donors (Lipinski definition) is 1. The number of rotatable bonds is 6. The first-order chi connectivity index (χ1) is 11.0. The highest BCUT2D eigenvalue weighted by Crippen LogP contribution is 2.15. The quantitative estimate of drug-likeness (QED) is 0.883. The Balaban J connectivity index is 2.15. The van der Waals surface area contributed by atoms with Gasteiger partial charge < -0.3 is 10.2 Å². The third kappa shape index (κ3) is 4.39. The van der Waals surface area contributed by atoms with E-state index in [-0.39, 0.29) is 24.4 Å². The molecule has 0 aliphatic heterocycles. The second-order valence-corrected chi connectivity index (χ2v) is 6.29. The Morgan fingerprint density at radius 3 is 2.70 bits per heavy atom. The highest BCUT2D eigenvalue weighted by atomic mass is 32.1. The third-order valence-electron chi connectivity index (χ3n) is 3.75. The summed E-state index contributed by atoms with van der Waals surface area (Å²) in [6.45, 7) is 5.87. The molecule has 0 bridgehead atoms. The number of anilines is 1. The molecule has 0 fully saturated rings. The summed E-state index contributed by atoms with van der Waals surface area (Å²) in [6, 6.07) is 7.41. The van der Waals surface area contributed by atoms with Crippen molar-refractivity contribution in [2.75, 3.05) is 11.9 Å². The van der Waals surface area contributed by atoms with Gasteiger partial charge in [0.1, 0.15) is 6.54 Å². The fourth-order valence-corrected chi connectivity index (χ4v) is 2.76. The lowest BCUT2D eigenvalue weighted by molar-refractivity contribution is -0.117. The maximum Gasteiger partial charge on any atom is 0.254 e. The lowest BCUT2D eigenvalue weighted by Crippen LogP contribution is -2.43. The largest absolute Gasteiger partial charge is 0.327 e. The molecule has 0 aliphatic carbocycles. The van der Waals surface area contributed by atoms with Gasteiger partial charge in [0.25, 0.3) is 5.91 Å². The second kappa shape index (κ2) is 7.87. The average molecular weight is 331 g/mol. The first-order valence-electron chi connectivity index (χ1n) is 7.58. The van der Waals surface area contributed by atoms with E-state index in [0.717, 1.165) is 12.0 Å². The summed E-state index contributed by atoms with van der Waals surface area (Å²) in [5.41, 5.74) is 1.54. The minimum absolute atomic E-state index is 0.0156. The summed E-state index contributed by atoms with van der Waals surface area (Å²) in [5.74, 6) is -0.353. The number of carbonyl (C=O) groups excluding carboxylic acids is 2. The van der Waals surface area contributed by atoms with E-state index in [1.165, 1.54) is 11.3 Å². The molecule has 0 spiro atoms. The van der Waals surface area contributed by atoms with E-state index in [1.807, 2.05) is 39.0 Å². The van der Waals surface area contributed by atoms with E-state index >= 15 is 0 Å². The second-order valence-electron chi connectivity index (χ2n) is 5.39. The molecular weight excluding hydrogens is 310 g/mol. The Morgan fingerprint density at radius 2 is 2.09 bits per heavy atom. The lowest BCUT2D eigenvalue weighted by atomic mass is 10.1. The van der Waals surface area contributed by atoms with Crippen LogP contribution in [0.3, 0.4) is 0 Å². The molecule has 1 atom stereocenters. The molecule has 122 valence electrons. The van der Waals surface area contributed by atoms with Crippen LogP contribution in [0.2, 0.25) is 0 Å². The molecule has 1 aromatic carbocycles. The average Bonchev–Trinajstić information content (AvgIpc) is 3.04. The van der Waals surface area contributed by atoms with E-state index in [0.29, 0.717) is 10.7 Å². The molecule has 1 N–H and O–H groups in total. The van der Waals surface area contributed by atoms with Gasteiger partial charge in [-0.25, -0.2) is 4.98 Å². The van der Waals surface area contributed by atoms with Gasteiger partial charge >= 0.3 is 0 Å². The van der Waals surface area contributed by atoms with Crippen molar-refractivity contribution in [2.45, 2.75) is 33.2 Å². The molecule has 2 aromatic rings. The van der Waals surface area contributed by atoms with Crippen molar-refractivity contribution in [3.05, 3.63) is 47.0 Å². The van der Waals surface area contributed by atoms with Gasteiger partial charge in [-0.3, -0.25) is 9.59 Å². The Kier molecular flexibility index (Phi) is 5.87. The monoisotopic (exact) mass is 331 g/mol. The zero-order chi connectivity index (χ0) is 16.8. The molecule has 23 heavy (non-hydrogen) atoms. The summed E-state index contributed by atoms with van der Waals surface area (Å²) < 4.78 is 0. The Morgan fingerprint density at radius 1 is 1.35 bits per heavy atom. The molecular formula is C17H21N3O2S. The molecule has 0 radical (unpaired) electrons. The molecule has 6 heteroatoms. The Hall–Kier alpha value is -2.21. The SMILES string of the molecule is CCC(C)N(CC(=O)Nc1nccs1)C(=O)c1ccccc1C. The molecule has 1 heterocycles. The van der Waals surface area contributed by atoms with E-state index in [1.54, 1.807) is 22.5 Å². The minimum Gasteiger partial charge on any atom is -0.327 e. The summed E-state index contributed by atoms with van der Waals surface area (Å²) >= 11 is 1.35. The zero-order valence-corrected chi connectivity index (χ0v) is 14.4. The first kappa shape index (κ1) is 17.1. The van der Waals surface area contributed by atoms with Crippen molar-refractivity contribution < 1.29 is 9.59 Å². The number of nitrogens with one attached hydrogen (secondary N) is 1. The van der Waals surface area contributed by atoms with Gasteiger partial charge in [0.15, 0.2) is 5.13 Å². The van der Waals surface area contributed by atoms with Crippen LogP contribution >= 0.6 is 11.3 Å². The van der Waals surface area contributed by atoms with Gasteiger partial charge in [-0.2, -0.15) is 0 Å². The van der Waals surface area contributed by atoms with E-state index in [4.69, 9.17) is 0 Å². The van der Waals surface area contributed by atoms with Gasteiger partial charge in [0.2, 0.25) is 5.91 Å². The van der Waals surface area contributed by atoms with E-state index in [2.05, 4.69) is 10.3 Å². The van der Waals surface area contributed by atoms with Crippen LogP contribution in [0.25, 0.3) is 0 Å². The molecule has 2 amide bonds. The highest BCUT2D eigenvalue weighted by Gasteiger charge is 2.24. The molecule has 2 rings (SSSR count). The molecule has 0 aliphatic rings. The van der Waals surface area contributed by atoms with Crippen molar-refractivity contribution in [3.63, 3.8) is 0 Å². The van der Waals surface area contributed by atoms with Gasteiger partial charge in [-0.15, -0.1) is 11.3 Å². The maximum atomic E-state index is 12.8. The standard InChI is InChI=1S/C17H21N3O2S/c1-4-13(3)20(11-15(21)19-17-18-9-10-23-17)16(22)14-8-6-5-7-12(14)2/h5-10,13H,4,11H2,1-3H3,(H,18,19,21). The predicted octanol–water partition coefficient (Wildman–Crippen LogP) is 3.33. The van der Waals surface area contributed by atoms with Crippen molar-refractivity contribution in [1.82, 2.24) is 9.88 Å². The summed E-state index contributed by atoms with van der Waals surface area (Å²) in [5, 5.41) is 5.06. The van der Waals surface area contributed by atoms with Crippen LogP contribution in [0.1, 0.15) is 36.2 Å². The highest BCUT2D eigenvalue weighted by molar-refractivity contribution is 7.13. The molecule has 1 unspecified atom stereocenters. The van der Waals surface area contributed by atoms with Crippen LogP contribution < -0.4 is 5.32 Å². The first-order valence-corrected chi connectivity index (χ1v) is 8.46. The predicted molar refractivity (Wildman–Crippen MR) is 92.7 cm³/mol. The number of aromatic nitrogens is 1. The summed E-state index contributed by atoms with van der Waals surface area (Å²) in [6.07, 6.45) is 2.41. The number of hydrogen-bond acceptors (Lipinski definition) is 4. The van der Waals surface area contributed by atoms with Crippen LogP contribution in [0, 0.1) is 6.92 Å². The van der Waals surface area contributed by atoms with Gasteiger partial charge in [0, 0.05) is 23.2 Å². The topological polar surface area (TPSA) is 62.3 Å². The van der Waals surface area contributed by atoms with Gasteiger partial charge in [0.05, 0.1) is 0 Å². The molecule has 5 nitrogen and oxygen atoms in total. The number of thiazole rings is 1. The number of carbonyl (C=O) groups is 2. The summed E-state index contributed by atoms with van der Waals surface area (Å²) in [7, 11) is 0. The number of nitrogens with zero attached hydrogens (tertiary/aromatic N) is 2. The van der Waals surface area contributed by atoms with Crippen molar-refractivity contribution in [3.8, 4) is 0 Å². The maximum absolute atomic E-state index is 12.8. The Labute approximate surface area is 140 Å². The fraction of sp³-hybridized carbons (Fsp3) is 0.353. The number of benzene rings is 1. The normalized spacial score (nSPS) is 11.8. The van der Waals surface area contributed by atoms with Crippen LogP contribution in [-0.4, -0.2) is 34.3 Å². The van der Waals surface area contributed by atoms with Gasteiger partial charge in [-0.1, -0.05) is 25.1 Å². The van der Waals surface area contributed by atoms with E-state index in [9.17, 15) is 9.59 Å². The smallest absolute Gasteiger partial charge is 0.254 e. The zero-order valence-electron chi connectivity index (χ0n) is 13.6. The number of aryl methyl sites for hydroxylation is 1. The lowest BCUT2D eigenvalue weighted by Gasteiger charge is -2.28. The van der Waals surface area contributed by atoms with Crippen molar-refractivity contribution >= 4 is 28.3 Å². The van der Waals surface area contributed by atoms with Crippen LogP contribution in [0.5, 0.6) is 0 Å². The summed E-state index contributed by atoms with van der Waals surface area (Å²) in [4.78, 5) is 30.7. The Bertz CT molecular complexity index is 670. The van der Waals surface area contributed by atoms with Gasteiger partial charge in [-0.05, 0) is 31.9 Å². The van der Waals surface area contributed by atoms with Crippen LogP contribution in [-0.2, 0) is 4.79 Å². The third-order valence-corrected chi connectivity index (χ3v) is 4.44. The van der Waals surface area contributed by atoms with E-state index < -0.39 is 0 Å². The van der Waals surface area contributed by atoms with Crippen LogP contribution in [0.4, 0.5) is 5.13 Å². The molecule has 0 saturated carbocycles.